The van der Waals surface area contributed by atoms with E-state index >= 15 is 0 Å². The Labute approximate surface area is 358 Å². The molecule has 1 amide bonds. The summed E-state index contributed by atoms with van der Waals surface area (Å²) in [6, 6.07) is 0. The fourth-order valence-corrected chi connectivity index (χ4v) is 7.96. The molecule has 0 saturated heterocycles. The van der Waals surface area contributed by atoms with E-state index in [4.69, 9.17) is 13.8 Å². The highest BCUT2D eigenvalue weighted by atomic mass is 31.2. The minimum absolute atomic E-state index is 0.0869. The maximum absolute atomic E-state index is 12.1. The highest BCUT2D eigenvalue weighted by Crippen LogP contribution is 2.42. The van der Waals surface area contributed by atoms with E-state index in [0.29, 0.717) is 6.42 Å². The molecule has 0 fully saturated rings. The molecule has 344 valence electrons. The predicted molar refractivity (Wildman–Crippen MR) is 243 cm³/mol. The van der Waals surface area contributed by atoms with Crippen molar-refractivity contribution < 1.29 is 37.9 Å². The van der Waals surface area contributed by atoms with Gasteiger partial charge in [0.2, 0.25) is 5.91 Å². The lowest BCUT2D eigenvalue weighted by Crippen LogP contribution is -2.27. The van der Waals surface area contributed by atoms with Crippen molar-refractivity contribution in [1.82, 2.24) is 5.32 Å². The van der Waals surface area contributed by atoms with Crippen LogP contribution in [-0.4, -0.2) is 54.3 Å². The third kappa shape index (κ3) is 45.8. The molecule has 9 nitrogen and oxygen atoms in total. The number of hydrogen-bond donors (Lipinski definition) is 3. The monoisotopic (exact) mass is 844 g/mol. The number of carbonyl (C=O) groups excluding carboxylic acids is 2. The molecule has 0 aromatic carbocycles. The number of ether oxygens (including phenoxy) is 1. The Kier molecular flexibility index (Phi) is 44.3. The van der Waals surface area contributed by atoms with Crippen molar-refractivity contribution in [1.29, 1.82) is 0 Å². The first-order chi connectivity index (χ1) is 28.3. The second kappa shape index (κ2) is 45.3. The number of nitrogens with one attached hydrogen (secondary N) is 1. The number of amides is 1. The van der Waals surface area contributed by atoms with Gasteiger partial charge in [0.15, 0.2) is 0 Å². The number of rotatable bonds is 47. The molecular weight excluding hydrogens is 750 g/mol. The first-order valence-electron chi connectivity index (χ1n) is 24.7. The Morgan fingerprint density at radius 3 is 1.29 bits per heavy atom. The molecule has 10 heteroatoms. The summed E-state index contributed by atoms with van der Waals surface area (Å²) in [7, 11) is -4.41. The Balaban J connectivity index is 3.53. The number of aliphatic hydroxyl groups is 1. The zero-order valence-corrected chi connectivity index (χ0v) is 38.9. The van der Waals surface area contributed by atoms with Gasteiger partial charge < -0.3 is 20.1 Å². The van der Waals surface area contributed by atoms with Crippen LogP contribution in [0.25, 0.3) is 0 Å². The highest BCUT2D eigenvalue weighted by Gasteiger charge is 2.23. The minimum atomic E-state index is -4.41. The van der Waals surface area contributed by atoms with Crippen molar-refractivity contribution in [2.45, 2.75) is 258 Å². The van der Waals surface area contributed by atoms with Gasteiger partial charge in [0.1, 0.15) is 12.7 Å². The zero-order chi connectivity index (χ0) is 42.5. The molecule has 58 heavy (non-hydrogen) atoms. The maximum atomic E-state index is 12.1. The Hall–Kier alpha value is -1.25. The third-order valence-electron chi connectivity index (χ3n) is 10.9. The lowest BCUT2D eigenvalue weighted by molar-refractivity contribution is -0.147. The SMILES string of the molecule is CCCCCCCC/C=C/CCCCCCCCCCCCCC(=O)OCC(O)COP(=O)(O)OCCNC(=O)CCCCCCCCCCCCCCCCCC. The summed E-state index contributed by atoms with van der Waals surface area (Å²) in [5.74, 6) is -0.505. The van der Waals surface area contributed by atoms with Crippen LogP contribution >= 0.6 is 7.82 Å². The van der Waals surface area contributed by atoms with E-state index in [0.717, 1.165) is 38.5 Å². The van der Waals surface area contributed by atoms with Crippen LogP contribution in [0.4, 0.5) is 0 Å². The van der Waals surface area contributed by atoms with Crippen LogP contribution in [0.2, 0.25) is 0 Å². The van der Waals surface area contributed by atoms with E-state index in [1.807, 2.05) is 0 Å². The van der Waals surface area contributed by atoms with Gasteiger partial charge in [-0.25, -0.2) is 4.57 Å². The average molecular weight is 844 g/mol. The largest absolute Gasteiger partial charge is 0.472 e. The van der Waals surface area contributed by atoms with Crippen molar-refractivity contribution in [2.75, 3.05) is 26.4 Å². The fourth-order valence-electron chi connectivity index (χ4n) is 7.20. The van der Waals surface area contributed by atoms with Crippen LogP contribution < -0.4 is 5.32 Å². The van der Waals surface area contributed by atoms with Crippen LogP contribution in [0.5, 0.6) is 0 Å². The second-order valence-corrected chi connectivity index (χ2v) is 18.2. The highest BCUT2D eigenvalue weighted by molar-refractivity contribution is 7.47. The maximum Gasteiger partial charge on any atom is 0.472 e. The normalized spacial score (nSPS) is 13.2. The Morgan fingerprint density at radius 1 is 0.517 bits per heavy atom. The molecule has 2 unspecified atom stereocenters. The predicted octanol–water partition coefficient (Wildman–Crippen LogP) is 14.2. The van der Waals surface area contributed by atoms with E-state index in [9.17, 15) is 24.2 Å². The van der Waals surface area contributed by atoms with E-state index in [2.05, 4.69) is 31.3 Å². The van der Waals surface area contributed by atoms with Crippen LogP contribution in [0, 0.1) is 0 Å². The van der Waals surface area contributed by atoms with E-state index in [1.165, 1.54) is 186 Å². The van der Waals surface area contributed by atoms with E-state index in [1.54, 1.807) is 0 Å². The van der Waals surface area contributed by atoms with Gasteiger partial charge in [0.25, 0.3) is 0 Å². The molecule has 0 aliphatic heterocycles. The lowest BCUT2D eigenvalue weighted by Gasteiger charge is -2.15. The Morgan fingerprint density at radius 2 is 0.879 bits per heavy atom. The summed E-state index contributed by atoms with van der Waals surface area (Å²) >= 11 is 0. The summed E-state index contributed by atoms with van der Waals surface area (Å²) in [5.41, 5.74) is 0. The van der Waals surface area contributed by atoms with Gasteiger partial charge in [-0.3, -0.25) is 18.6 Å². The number of esters is 1. The van der Waals surface area contributed by atoms with Crippen LogP contribution in [0.1, 0.15) is 251 Å². The van der Waals surface area contributed by atoms with Crippen molar-refractivity contribution in [3.05, 3.63) is 12.2 Å². The lowest BCUT2D eigenvalue weighted by atomic mass is 10.0. The summed E-state index contributed by atoms with van der Waals surface area (Å²) in [5, 5.41) is 12.7. The summed E-state index contributed by atoms with van der Waals surface area (Å²) in [4.78, 5) is 34.0. The number of phosphoric acid groups is 1. The van der Waals surface area contributed by atoms with Crippen molar-refractivity contribution in [2.24, 2.45) is 0 Å². The third-order valence-corrected chi connectivity index (χ3v) is 11.9. The molecule has 0 rings (SSSR count). The summed E-state index contributed by atoms with van der Waals surface area (Å²) < 4.78 is 27.0. The standard InChI is InChI=1S/C48H94NO8P/c1-3-5-7-9-11-13-15-17-19-21-22-23-24-25-27-29-31-33-35-37-39-41-48(52)55-44-46(50)45-57-58(53,54)56-43-42-49-47(51)40-38-36-34-32-30-28-26-20-18-16-14-12-10-8-6-4-2/h17,19,46,50H,3-16,18,20-45H2,1-2H3,(H,49,51)(H,53,54)/b19-17+. The summed E-state index contributed by atoms with van der Waals surface area (Å²) in [6.45, 7) is 3.60. The van der Waals surface area contributed by atoms with Gasteiger partial charge >= 0.3 is 13.8 Å². The quantitative estimate of drug-likeness (QED) is 0.0239. The Bertz CT molecular complexity index is 964. The van der Waals surface area contributed by atoms with E-state index in [-0.39, 0.29) is 32.1 Å². The van der Waals surface area contributed by atoms with Gasteiger partial charge in [-0.2, -0.15) is 0 Å². The van der Waals surface area contributed by atoms with Gasteiger partial charge in [0, 0.05) is 19.4 Å². The number of phosphoric ester groups is 1. The number of aliphatic hydroxyl groups excluding tert-OH is 1. The molecule has 0 aromatic heterocycles. The number of unbranched alkanes of at least 4 members (excludes halogenated alkanes) is 32. The first-order valence-corrected chi connectivity index (χ1v) is 26.2. The first kappa shape index (κ1) is 56.8. The minimum Gasteiger partial charge on any atom is -0.463 e. The zero-order valence-electron chi connectivity index (χ0n) is 38.0. The molecule has 2 atom stereocenters. The van der Waals surface area contributed by atoms with E-state index < -0.39 is 26.5 Å². The molecule has 0 radical (unpaired) electrons. The van der Waals surface area contributed by atoms with Crippen LogP contribution in [0.15, 0.2) is 12.2 Å². The van der Waals surface area contributed by atoms with Crippen LogP contribution in [-0.2, 0) is 27.9 Å². The molecular formula is C48H94NO8P. The molecule has 0 spiro atoms. The number of hydrogen-bond acceptors (Lipinski definition) is 7. The molecule has 0 aromatic rings. The second-order valence-electron chi connectivity index (χ2n) is 16.8. The molecule has 0 saturated carbocycles. The van der Waals surface area contributed by atoms with Gasteiger partial charge in [-0.05, 0) is 38.5 Å². The van der Waals surface area contributed by atoms with Crippen molar-refractivity contribution in [3.8, 4) is 0 Å². The van der Waals surface area contributed by atoms with Gasteiger partial charge in [-0.1, -0.05) is 212 Å². The summed E-state index contributed by atoms with van der Waals surface area (Å²) in [6.07, 6.45) is 48.6. The van der Waals surface area contributed by atoms with Crippen molar-refractivity contribution in [3.63, 3.8) is 0 Å². The van der Waals surface area contributed by atoms with Gasteiger partial charge in [0.05, 0.1) is 13.2 Å². The topological polar surface area (TPSA) is 131 Å². The number of carbonyl (C=O) groups is 2. The van der Waals surface area contributed by atoms with Crippen molar-refractivity contribution >= 4 is 19.7 Å². The van der Waals surface area contributed by atoms with Crippen LogP contribution in [0.3, 0.4) is 0 Å². The molecule has 3 N–H and O–H groups in total. The molecule has 0 heterocycles. The molecule has 0 bridgehead atoms. The fraction of sp³-hybridized carbons (Fsp3) is 0.917. The molecule has 0 aliphatic carbocycles. The number of allylic oxidation sites excluding steroid dienone is 2. The smallest absolute Gasteiger partial charge is 0.463 e. The average Bonchev–Trinajstić information content (AvgIpc) is 3.21. The molecule has 0 aliphatic rings. The van der Waals surface area contributed by atoms with Gasteiger partial charge in [-0.15, -0.1) is 0 Å².